The second-order valence-corrected chi connectivity index (χ2v) is 9.10. The molecular weight excluding hydrogens is 538 g/mol. The standard InChI is InChI=1S/C27H28F2N8O4/c1-17-23(19-13-31-27(32-14-19)40-16-28)35-37(20-6-4-3-5-7-20)25(17)34-26(38)33-21-15-36(10-11-39-2)41-24(21)18-8-9-30-22(29)12-18/h3-9,12-14,21,24H,10-11,15-16H2,1-2H3,(H2,33,34,38)/t21-,24+/m1/s1. The Morgan fingerprint density at radius 3 is 2.66 bits per heavy atom. The molecule has 0 unspecified atom stereocenters. The normalized spacial score (nSPS) is 17.0. The molecule has 5 rings (SSSR count). The fourth-order valence-electron chi connectivity index (χ4n) is 4.49. The number of para-hydroxylation sites is 1. The molecule has 14 heteroatoms. The van der Waals surface area contributed by atoms with Crippen LogP contribution in [0.2, 0.25) is 0 Å². The van der Waals surface area contributed by atoms with Crippen molar-refractivity contribution in [3.05, 3.63) is 78.1 Å². The van der Waals surface area contributed by atoms with E-state index in [4.69, 9.17) is 19.4 Å². The summed E-state index contributed by atoms with van der Waals surface area (Å²) in [5.41, 5.74) is 2.94. The molecule has 0 aliphatic carbocycles. The van der Waals surface area contributed by atoms with Crippen molar-refractivity contribution in [1.29, 1.82) is 0 Å². The van der Waals surface area contributed by atoms with E-state index in [1.807, 2.05) is 30.3 Å². The van der Waals surface area contributed by atoms with Gasteiger partial charge in [0.05, 0.1) is 18.3 Å². The molecule has 1 aromatic carbocycles. The van der Waals surface area contributed by atoms with Crippen LogP contribution in [0, 0.1) is 12.9 Å². The van der Waals surface area contributed by atoms with Crippen molar-refractivity contribution in [2.75, 3.05) is 39.0 Å². The number of rotatable bonds is 10. The topological polar surface area (TPSA) is 129 Å². The first kappa shape index (κ1) is 28.0. The van der Waals surface area contributed by atoms with Gasteiger partial charge in [-0.15, -0.1) is 0 Å². The first-order valence-electron chi connectivity index (χ1n) is 12.7. The van der Waals surface area contributed by atoms with E-state index < -0.39 is 31.0 Å². The van der Waals surface area contributed by atoms with Gasteiger partial charge in [0.25, 0.3) is 0 Å². The second-order valence-electron chi connectivity index (χ2n) is 9.10. The van der Waals surface area contributed by atoms with Gasteiger partial charge in [-0.3, -0.25) is 10.2 Å². The minimum absolute atomic E-state index is 0.101. The molecule has 4 aromatic rings. The SMILES string of the molecule is COCCN1C[C@@H](NC(=O)Nc2c(C)c(-c3cnc(OCF)nc3)nn2-c2ccccc2)[C@H](c2ccnc(F)c2)O1. The lowest BCUT2D eigenvalue weighted by Crippen LogP contribution is -2.42. The van der Waals surface area contributed by atoms with Crippen molar-refractivity contribution < 1.29 is 27.9 Å². The summed E-state index contributed by atoms with van der Waals surface area (Å²) in [6.45, 7) is 1.98. The molecule has 214 valence electrons. The van der Waals surface area contributed by atoms with Crippen molar-refractivity contribution in [3.63, 3.8) is 0 Å². The first-order valence-corrected chi connectivity index (χ1v) is 12.7. The van der Waals surface area contributed by atoms with Crippen molar-refractivity contribution in [2.24, 2.45) is 0 Å². The molecule has 12 nitrogen and oxygen atoms in total. The van der Waals surface area contributed by atoms with Crippen molar-refractivity contribution >= 4 is 11.8 Å². The summed E-state index contributed by atoms with van der Waals surface area (Å²) in [6.07, 6.45) is 3.64. The van der Waals surface area contributed by atoms with E-state index in [1.165, 1.54) is 24.7 Å². The average molecular weight is 567 g/mol. The minimum Gasteiger partial charge on any atom is -0.431 e. The van der Waals surface area contributed by atoms with Crippen molar-refractivity contribution in [1.82, 2.24) is 35.1 Å². The zero-order valence-electron chi connectivity index (χ0n) is 22.3. The number of amides is 2. The van der Waals surface area contributed by atoms with E-state index in [0.717, 1.165) is 0 Å². The fraction of sp³-hybridized carbons (Fsp3) is 0.296. The number of hydrogen-bond acceptors (Lipinski definition) is 9. The number of benzene rings is 1. The second kappa shape index (κ2) is 12.8. The maximum Gasteiger partial charge on any atom is 0.320 e. The highest BCUT2D eigenvalue weighted by molar-refractivity contribution is 5.91. The Kier molecular flexibility index (Phi) is 8.72. The van der Waals surface area contributed by atoms with E-state index in [9.17, 15) is 13.6 Å². The van der Waals surface area contributed by atoms with Crippen LogP contribution < -0.4 is 15.4 Å². The van der Waals surface area contributed by atoms with Crippen molar-refractivity contribution in [3.8, 4) is 23.0 Å². The van der Waals surface area contributed by atoms with E-state index in [1.54, 1.807) is 29.8 Å². The summed E-state index contributed by atoms with van der Waals surface area (Å²) in [5, 5.41) is 12.3. The number of hydrogen-bond donors (Lipinski definition) is 2. The number of methoxy groups -OCH3 is 1. The predicted octanol–water partition coefficient (Wildman–Crippen LogP) is 3.60. The summed E-state index contributed by atoms with van der Waals surface area (Å²) in [6, 6.07) is 11.1. The van der Waals surface area contributed by atoms with E-state index in [-0.39, 0.29) is 6.01 Å². The Labute approximate surface area is 234 Å². The molecule has 2 amide bonds. The van der Waals surface area contributed by atoms with Gasteiger partial charge in [-0.1, -0.05) is 18.2 Å². The Hall–Kier alpha value is -4.53. The Morgan fingerprint density at radius 1 is 1.17 bits per heavy atom. The van der Waals surface area contributed by atoms with Crippen LogP contribution in [0.3, 0.4) is 0 Å². The number of carbonyl (C=O) groups excluding carboxylic acids is 1. The molecule has 1 saturated heterocycles. The molecule has 0 bridgehead atoms. The van der Waals surface area contributed by atoms with Crippen LogP contribution >= 0.6 is 0 Å². The molecule has 0 saturated carbocycles. The lowest BCUT2D eigenvalue weighted by Gasteiger charge is -2.19. The number of nitrogens with one attached hydrogen (secondary N) is 2. The number of nitrogens with zero attached hydrogens (tertiary/aromatic N) is 6. The van der Waals surface area contributed by atoms with Crippen LogP contribution in [-0.2, 0) is 9.57 Å². The molecule has 0 radical (unpaired) electrons. The largest absolute Gasteiger partial charge is 0.431 e. The third kappa shape index (κ3) is 6.45. The van der Waals surface area contributed by atoms with E-state index >= 15 is 0 Å². The fourth-order valence-corrected chi connectivity index (χ4v) is 4.49. The van der Waals surface area contributed by atoms with Gasteiger partial charge in [0.2, 0.25) is 12.8 Å². The average Bonchev–Trinajstić information content (AvgIpc) is 3.53. The van der Waals surface area contributed by atoms with Crippen LogP contribution in [0.4, 0.5) is 19.4 Å². The third-order valence-electron chi connectivity index (χ3n) is 6.41. The number of aromatic nitrogens is 5. The number of hydroxylamine groups is 2. The molecule has 0 spiro atoms. The van der Waals surface area contributed by atoms with Crippen LogP contribution in [0.25, 0.3) is 16.9 Å². The van der Waals surface area contributed by atoms with Crippen LogP contribution in [0.1, 0.15) is 17.2 Å². The molecule has 4 heterocycles. The number of alkyl halides is 1. The zero-order valence-corrected chi connectivity index (χ0v) is 22.3. The van der Waals surface area contributed by atoms with Gasteiger partial charge in [0, 0.05) is 49.9 Å². The Balaban J connectivity index is 1.41. The predicted molar refractivity (Wildman–Crippen MR) is 143 cm³/mol. The third-order valence-corrected chi connectivity index (χ3v) is 6.41. The van der Waals surface area contributed by atoms with Gasteiger partial charge in [-0.25, -0.2) is 28.8 Å². The smallest absolute Gasteiger partial charge is 0.320 e. The molecule has 2 atom stereocenters. The Bertz CT molecular complexity index is 1470. The Morgan fingerprint density at radius 2 is 1.95 bits per heavy atom. The number of urea groups is 1. The number of pyridine rings is 1. The van der Waals surface area contributed by atoms with E-state index in [2.05, 4.69) is 25.6 Å². The van der Waals surface area contributed by atoms with Crippen LogP contribution in [0.15, 0.2) is 61.1 Å². The molecule has 1 aliphatic rings. The van der Waals surface area contributed by atoms with Crippen molar-refractivity contribution in [2.45, 2.75) is 19.1 Å². The summed E-state index contributed by atoms with van der Waals surface area (Å²) >= 11 is 0. The minimum atomic E-state index is -1.04. The molecule has 2 N–H and O–H groups in total. The number of halogens is 2. The highest BCUT2D eigenvalue weighted by Gasteiger charge is 2.37. The summed E-state index contributed by atoms with van der Waals surface area (Å²) in [5.74, 6) is -0.234. The van der Waals surface area contributed by atoms with Gasteiger partial charge in [0.1, 0.15) is 17.6 Å². The summed E-state index contributed by atoms with van der Waals surface area (Å²) in [4.78, 5) is 31.1. The van der Waals surface area contributed by atoms with Crippen LogP contribution in [-0.4, -0.2) is 75.5 Å². The molecular formula is C27H28F2N8O4. The van der Waals surface area contributed by atoms with Gasteiger partial charge in [-0.2, -0.15) is 14.6 Å². The van der Waals surface area contributed by atoms with Crippen LogP contribution in [0.5, 0.6) is 6.01 Å². The maximum atomic E-state index is 13.9. The van der Waals surface area contributed by atoms with Gasteiger partial charge in [0.15, 0.2) is 0 Å². The molecule has 3 aromatic heterocycles. The molecule has 1 aliphatic heterocycles. The monoisotopic (exact) mass is 566 g/mol. The van der Waals surface area contributed by atoms with Gasteiger partial charge < -0.3 is 14.8 Å². The lowest BCUT2D eigenvalue weighted by molar-refractivity contribution is -0.154. The number of anilines is 1. The first-order chi connectivity index (χ1) is 20.0. The van der Waals surface area contributed by atoms with Gasteiger partial charge >= 0.3 is 12.0 Å². The number of ether oxygens (including phenoxy) is 2. The summed E-state index contributed by atoms with van der Waals surface area (Å²) < 4.78 is 37.8. The highest BCUT2D eigenvalue weighted by Crippen LogP contribution is 2.32. The highest BCUT2D eigenvalue weighted by atomic mass is 19.1. The van der Waals surface area contributed by atoms with Gasteiger partial charge in [-0.05, 0) is 36.8 Å². The van der Waals surface area contributed by atoms with E-state index in [0.29, 0.717) is 53.6 Å². The number of carbonyl (C=O) groups is 1. The maximum absolute atomic E-state index is 13.9. The molecule has 41 heavy (non-hydrogen) atoms. The molecule has 1 fully saturated rings. The quantitative estimate of drug-likeness (QED) is 0.277. The lowest BCUT2D eigenvalue weighted by atomic mass is 10.0. The summed E-state index contributed by atoms with van der Waals surface area (Å²) in [7, 11) is 1.58. The zero-order chi connectivity index (χ0) is 28.8.